The molecule has 1 fully saturated rings. The summed E-state index contributed by atoms with van der Waals surface area (Å²) in [5.74, 6) is 1.64. The van der Waals surface area contributed by atoms with Crippen molar-refractivity contribution in [3.63, 3.8) is 0 Å². The Labute approximate surface area is 121 Å². The third-order valence-corrected chi connectivity index (χ3v) is 4.61. The molecule has 106 valence electrons. The van der Waals surface area contributed by atoms with Gasteiger partial charge in [-0.15, -0.1) is 0 Å². The van der Waals surface area contributed by atoms with Crippen molar-refractivity contribution in [2.75, 3.05) is 18.0 Å². The van der Waals surface area contributed by atoms with E-state index in [1.807, 2.05) is 6.07 Å². The van der Waals surface area contributed by atoms with Crippen LogP contribution in [0.2, 0.25) is 5.02 Å². The van der Waals surface area contributed by atoms with E-state index in [1.165, 1.54) is 24.9 Å². The van der Waals surface area contributed by atoms with Crippen LogP contribution in [0, 0.1) is 11.8 Å². The third-order valence-electron chi connectivity index (χ3n) is 4.30. The molecular weight excluding hydrogens is 256 g/mol. The second-order valence-corrected chi connectivity index (χ2v) is 6.32. The molecule has 19 heavy (non-hydrogen) atoms. The van der Waals surface area contributed by atoms with Crippen LogP contribution in [-0.2, 0) is 6.54 Å². The first-order chi connectivity index (χ1) is 9.11. The molecule has 1 saturated heterocycles. The zero-order valence-electron chi connectivity index (χ0n) is 12.0. The average Bonchev–Trinajstić information content (AvgIpc) is 2.64. The Bertz CT molecular complexity index is 417. The van der Waals surface area contributed by atoms with Gasteiger partial charge in [-0.25, -0.2) is 0 Å². The van der Waals surface area contributed by atoms with Gasteiger partial charge in [0.2, 0.25) is 0 Å². The van der Waals surface area contributed by atoms with E-state index in [4.69, 9.17) is 17.3 Å². The minimum absolute atomic E-state index is 0.551. The maximum atomic E-state index is 6.40. The highest BCUT2D eigenvalue weighted by atomic mass is 35.5. The molecule has 0 bridgehead atoms. The summed E-state index contributed by atoms with van der Waals surface area (Å²) >= 11 is 6.40. The van der Waals surface area contributed by atoms with Gasteiger partial charge in [-0.1, -0.05) is 31.5 Å². The molecule has 1 unspecified atom stereocenters. The van der Waals surface area contributed by atoms with Crippen LogP contribution in [0.5, 0.6) is 0 Å². The SMILES string of the molecule is CC(C)C1CCCN(c2ccc(CN)cc2Cl)CC1. The number of hydrogen-bond donors (Lipinski definition) is 1. The van der Waals surface area contributed by atoms with E-state index in [0.29, 0.717) is 6.54 Å². The second-order valence-electron chi connectivity index (χ2n) is 5.91. The number of rotatable bonds is 3. The van der Waals surface area contributed by atoms with E-state index in [9.17, 15) is 0 Å². The fourth-order valence-electron chi connectivity index (χ4n) is 2.96. The Balaban J connectivity index is 2.10. The van der Waals surface area contributed by atoms with E-state index >= 15 is 0 Å². The summed E-state index contributed by atoms with van der Waals surface area (Å²) in [6.07, 6.45) is 3.87. The summed E-state index contributed by atoms with van der Waals surface area (Å²) in [5, 5.41) is 0.839. The first kappa shape index (κ1) is 14.7. The maximum Gasteiger partial charge on any atom is 0.0642 e. The van der Waals surface area contributed by atoms with Gasteiger partial charge in [0.25, 0.3) is 0 Å². The Morgan fingerprint density at radius 1 is 1.32 bits per heavy atom. The van der Waals surface area contributed by atoms with Crippen molar-refractivity contribution in [1.82, 2.24) is 0 Å². The highest BCUT2D eigenvalue weighted by Crippen LogP contribution is 2.31. The van der Waals surface area contributed by atoms with E-state index in [1.54, 1.807) is 0 Å². The molecule has 1 aliphatic rings. The zero-order chi connectivity index (χ0) is 13.8. The maximum absolute atomic E-state index is 6.40. The van der Waals surface area contributed by atoms with Crippen LogP contribution in [0.4, 0.5) is 5.69 Å². The number of hydrogen-bond acceptors (Lipinski definition) is 2. The molecule has 2 N–H and O–H groups in total. The number of halogens is 1. The van der Waals surface area contributed by atoms with E-state index in [-0.39, 0.29) is 0 Å². The second kappa shape index (κ2) is 6.62. The summed E-state index contributed by atoms with van der Waals surface area (Å²) in [6, 6.07) is 6.22. The molecule has 2 nitrogen and oxygen atoms in total. The fourth-order valence-corrected chi connectivity index (χ4v) is 3.29. The van der Waals surface area contributed by atoms with Gasteiger partial charge >= 0.3 is 0 Å². The van der Waals surface area contributed by atoms with Gasteiger partial charge in [0.15, 0.2) is 0 Å². The van der Waals surface area contributed by atoms with Crippen molar-refractivity contribution >= 4 is 17.3 Å². The quantitative estimate of drug-likeness (QED) is 0.905. The lowest BCUT2D eigenvalue weighted by atomic mass is 9.89. The van der Waals surface area contributed by atoms with Crippen LogP contribution < -0.4 is 10.6 Å². The van der Waals surface area contributed by atoms with Crippen molar-refractivity contribution in [2.45, 2.75) is 39.7 Å². The lowest BCUT2D eigenvalue weighted by molar-refractivity contribution is 0.351. The zero-order valence-corrected chi connectivity index (χ0v) is 12.8. The summed E-state index contributed by atoms with van der Waals surface area (Å²) in [4.78, 5) is 2.44. The molecule has 1 atom stereocenters. The molecule has 3 heteroatoms. The highest BCUT2D eigenvalue weighted by molar-refractivity contribution is 6.33. The third kappa shape index (κ3) is 3.64. The summed E-state index contributed by atoms with van der Waals surface area (Å²) in [5.41, 5.74) is 7.92. The van der Waals surface area contributed by atoms with Crippen molar-refractivity contribution in [1.29, 1.82) is 0 Å². The molecule has 0 aliphatic carbocycles. The molecule has 0 spiro atoms. The Hall–Kier alpha value is -0.730. The highest BCUT2D eigenvalue weighted by Gasteiger charge is 2.20. The van der Waals surface area contributed by atoms with Gasteiger partial charge in [0, 0.05) is 19.6 Å². The van der Waals surface area contributed by atoms with E-state index in [2.05, 4.69) is 30.9 Å². The van der Waals surface area contributed by atoms with Crippen LogP contribution in [0.15, 0.2) is 18.2 Å². The lowest BCUT2D eigenvalue weighted by Crippen LogP contribution is -2.24. The Kier molecular flexibility index (Phi) is 5.12. The minimum Gasteiger partial charge on any atom is -0.370 e. The van der Waals surface area contributed by atoms with Gasteiger partial charge < -0.3 is 10.6 Å². The predicted molar refractivity (Wildman–Crippen MR) is 83.7 cm³/mol. The molecular formula is C16H25ClN2. The summed E-state index contributed by atoms with van der Waals surface area (Å²) < 4.78 is 0. The van der Waals surface area contributed by atoms with Crippen LogP contribution in [-0.4, -0.2) is 13.1 Å². The van der Waals surface area contributed by atoms with Gasteiger partial charge in [-0.05, 0) is 48.8 Å². The van der Waals surface area contributed by atoms with Crippen molar-refractivity contribution < 1.29 is 0 Å². The number of anilines is 1. The fraction of sp³-hybridized carbons (Fsp3) is 0.625. The van der Waals surface area contributed by atoms with Gasteiger partial charge in [0.1, 0.15) is 0 Å². The van der Waals surface area contributed by atoms with Crippen LogP contribution in [0.1, 0.15) is 38.7 Å². The van der Waals surface area contributed by atoms with Crippen molar-refractivity contribution in [3.8, 4) is 0 Å². The average molecular weight is 281 g/mol. The van der Waals surface area contributed by atoms with Gasteiger partial charge in [-0.3, -0.25) is 0 Å². The molecule has 0 aromatic heterocycles. The monoisotopic (exact) mass is 280 g/mol. The molecule has 0 saturated carbocycles. The first-order valence-corrected chi connectivity index (χ1v) is 7.73. The van der Waals surface area contributed by atoms with Gasteiger partial charge in [-0.2, -0.15) is 0 Å². The van der Waals surface area contributed by atoms with Crippen molar-refractivity contribution in [3.05, 3.63) is 28.8 Å². The Morgan fingerprint density at radius 3 is 2.74 bits per heavy atom. The summed E-state index contributed by atoms with van der Waals surface area (Å²) in [7, 11) is 0. The largest absolute Gasteiger partial charge is 0.370 e. The molecule has 0 radical (unpaired) electrons. The topological polar surface area (TPSA) is 29.3 Å². The normalized spacial score (nSPS) is 20.7. The van der Waals surface area contributed by atoms with Gasteiger partial charge in [0.05, 0.1) is 10.7 Å². The van der Waals surface area contributed by atoms with E-state index < -0.39 is 0 Å². The molecule has 2 rings (SSSR count). The number of benzene rings is 1. The van der Waals surface area contributed by atoms with Crippen LogP contribution >= 0.6 is 11.6 Å². The van der Waals surface area contributed by atoms with Crippen LogP contribution in [0.25, 0.3) is 0 Å². The molecule has 1 heterocycles. The Morgan fingerprint density at radius 2 is 2.11 bits per heavy atom. The van der Waals surface area contributed by atoms with Crippen LogP contribution in [0.3, 0.4) is 0 Å². The molecule has 1 aliphatic heterocycles. The molecule has 0 amide bonds. The standard InChI is InChI=1S/C16H25ClN2/c1-12(2)14-4-3-8-19(9-7-14)16-6-5-13(11-18)10-15(16)17/h5-6,10,12,14H,3-4,7-9,11,18H2,1-2H3. The number of nitrogens with two attached hydrogens (primary N) is 1. The van der Waals surface area contributed by atoms with E-state index in [0.717, 1.165) is 35.5 Å². The summed E-state index contributed by atoms with van der Waals surface area (Å²) in [6.45, 7) is 7.46. The molecule has 1 aromatic carbocycles. The van der Waals surface area contributed by atoms with Crippen molar-refractivity contribution in [2.24, 2.45) is 17.6 Å². The molecule has 1 aromatic rings. The lowest BCUT2D eigenvalue weighted by Gasteiger charge is -2.25. The predicted octanol–water partition coefficient (Wildman–Crippen LogP) is 4.06. The smallest absolute Gasteiger partial charge is 0.0642 e. The minimum atomic E-state index is 0.551. The first-order valence-electron chi connectivity index (χ1n) is 7.35. The number of nitrogens with zero attached hydrogens (tertiary/aromatic N) is 1.